The van der Waals surface area contributed by atoms with Gasteiger partial charge in [0.15, 0.2) is 5.13 Å². The lowest BCUT2D eigenvalue weighted by molar-refractivity contribution is -0.116. The molecule has 0 atom stereocenters. The maximum atomic E-state index is 12.0. The summed E-state index contributed by atoms with van der Waals surface area (Å²) in [5.41, 5.74) is 8.30. The highest BCUT2D eigenvalue weighted by Crippen LogP contribution is 2.26. The first-order chi connectivity index (χ1) is 9.61. The number of fused-ring (bicyclic) bond motifs is 1. The van der Waals surface area contributed by atoms with Crippen molar-refractivity contribution in [2.24, 2.45) is 0 Å². The molecule has 2 amide bonds. The minimum atomic E-state index is -0.294. The van der Waals surface area contributed by atoms with E-state index in [0.29, 0.717) is 29.4 Å². The molecule has 4 N–H and O–H groups in total. The highest BCUT2D eigenvalue weighted by Gasteiger charge is 2.16. The molecule has 0 saturated carbocycles. The SMILES string of the molecule is Nc1nc(C(=O)Nc2ccc3c(c2)CCC(=O)N3)cs1. The van der Waals surface area contributed by atoms with E-state index in [9.17, 15) is 9.59 Å². The van der Waals surface area contributed by atoms with Gasteiger partial charge in [-0.2, -0.15) is 0 Å². The van der Waals surface area contributed by atoms with Crippen LogP contribution in [0.5, 0.6) is 0 Å². The topological polar surface area (TPSA) is 97.1 Å². The van der Waals surface area contributed by atoms with Crippen LogP contribution in [-0.2, 0) is 11.2 Å². The van der Waals surface area contributed by atoms with Crippen molar-refractivity contribution in [2.45, 2.75) is 12.8 Å². The third-order valence-electron chi connectivity index (χ3n) is 3.01. The van der Waals surface area contributed by atoms with Gasteiger partial charge in [-0.05, 0) is 30.2 Å². The van der Waals surface area contributed by atoms with Crippen LogP contribution in [-0.4, -0.2) is 16.8 Å². The van der Waals surface area contributed by atoms with Gasteiger partial charge in [-0.3, -0.25) is 9.59 Å². The zero-order chi connectivity index (χ0) is 14.1. The highest BCUT2D eigenvalue weighted by molar-refractivity contribution is 7.13. The number of nitrogens with zero attached hydrogens (tertiary/aromatic N) is 1. The average Bonchev–Trinajstić information content (AvgIpc) is 2.86. The quantitative estimate of drug-likeness (QED) is 0.785. The number of hydrogen-bond donors (Lipinski definition) is 3. The van der Waals surface area contributed by atoms with Crippen molar-refractivity contribution < 1.29 is 9.59 Å². The lowest BCUT2D eigenvalue weighted by Gasteiger charge is -2.17. The molecule has 2 heterocycles. The van der Waals surface area contributed by atoms with Crippen molar-refractivity contribution in [1.29, 1.82) is 0 Å². The molecule has 2 aromatic rings. The Morgan fingerprint density at radius 2 is 2.25 bits per heavy atom. The Labute approximate surface area is 119 Å². The van der Waals surface area contributed by atoms with E-state index in [1.807, 2.05) is 6.07 Å². The van der Waals surface area contributed by atoms with Gasteiger partial charge >= 0.3 is 0 Å². The first-order valence-corrected chi connectivity index (χ1v) is 6.95. The monoisotopic (exact) mass is 288 g/mol. The fourth-order valence-corrected chi connectivity index (χ4v) is 2.59. The fraction of sp³-hybridized carbons (Fsp3) is 0.154. The molecule has 0 unspecified atom stereocenters. The number of anilines is 3. The van der Waals surface area contributed by atoms with Crippen LogP contribution in [0.2, 0.25) is 0 Å². The molecule has 0 radical (unpaired) electrons. The molecule has 0 fully saturated rings. The van der Waals surface area contributed by atoms with E-state index in [2.05, 4.69) is 15.6 Å². The van der Waals surface area contributed by atoms with Crippen molar-refractivity contribution in [1.82, 2.24) is 4.98 Å². The molecule has 20 heavy (non-hydrogen) atoms. The van der Waals surface area contributed by atoms with E-state index in [4.69, 9.17) is 5.73 Å². The molecular weight excluding hydrogens is 276 g/mol. The minimum Gasteiger partial charge on any atom is -0.375 e. The normalized spacial score (nSPS) is 13.5. The highest BCUT2D eigenvalue weighted by atomic mass is 32.1. The Hall–Kier alpha value is -2.41. The van der Waals surface area contributed by atoms with E-state index >= 15 is 0 Å². The van der Waals surface area contributed by atoms with Crippen LogP contribution in [0.4, 0.5) is 16.5 Å². The van der Waals surface area contributed by atoms with Gasteiger partial charge in [0.05, 0.1) is 0 Å². The zero-order valence-corrected chi connectivity index (χ0v) is 11.3. The van der Waals surface area contributed by atoms with Gasteiger partial charge in [0.1, 0.15) is 5.69 Å². The second-order valence-corrected chi connectivity index (χ2v) is 5.33. The summed E-state index contributed by atoms with van der Waals surface area (Å²) in [5, 5.41) is 7.54. The average molecular weight is 288 g/mol. The summed E-state index contributed by atoms with van der Waals surface area (Å²) in [6.07, 6.45) is 1.14. The van der Waals surface area contributed by atoms with Gasteiger partial charge < -0.3 is 16.4 Å². The number of carbonyl (C=O) groups excluding carboxylic acids is 2. The minimum absolute atomic E-state index is 0.0206. The predicted octanol–water partition coefficient (Wildman–Crippen LogP) is 1.86. The molecule has 1 aromatic carbocycles. The van der Waals surface area contributed by atoms with Crippen LogP contribution >= 0.6 is 11.3 Å². The van der Waals surface area contributed by atoms with E-state index in [1.54, 1.807) is 17.5 Å². The summed E-state index contributed by atoms with van der Waals surface area (Å²) >= 11 is 1.22. The number of hydrogen-bond acceptors (Lipinski definition) is 5. The number of amides is 2. The van der Waals surface area contributed by atoms with Gasteiger partial charge in [0, 0.05) is 23.2 Å². The second-order valence-electron chi connectivity index (χ2n) is 4.45. The smallest absolute Gasteiger partial charge is 0.275 e. The largest absolute Gasteiger partial charge is 0.375 e. The summed E-state index contributed by atoms with van der Waals surface area (Å²) in [6, 6.07) is 5.40. The zero-order valence-electron chi connectivity index (χ0n) is 10.5. The third-order valence-corrected chi connectivity index (χ3v) is 3.69. The number of rotatable bonds is 2. The number of nitrogen functional groups attached to an aromatic ring is 1. The molecule has 6 nitrogen and oxygen atoms in total. The first-order valence-electron chi connectivity index (χ1n) is 6.07. The van der Waals surface area contributed by atoms with Gasteiger partial charge in [-0.15, -0.1) is 11.3 Å². The summed E-state index contributed by atoms with van der Waals surface area (Å²) in [7, 11) is 0. The molecular formula is C13H12N4O2S. The van der Waals surface area contributed by atoms with Gasteiger partial charge in [0.25, 0.3) is 5.91 Å². The Balaban J connectivity index is 1.78. The Morgan fingerprint density at radius 3 is 3.00 bits per heavy atom. The van der Waals surface area contributed by atoms with E-state index < -0.39 is 0 Å². The molecule has 1 aliphatic heterocycles. The maximum absolute atomic E-state index is 12.0. The molecule has 0 bridgehead atoms. The van der Waals surface area contributed by atoms with Crippen LogP contribution < -0.4 is 16.4 Å². The summed E-state index contributed by atoms with van der Waals surface area (Å²) in [6.45, 7) is 0. The third kappa shape index (κ3) is 2.48. The fourth-order valence-electron chi connectivity index (χ4n) is 2.05. The van der Waals surface area contributed by atoms with Crippen LogP contribution in [0.25, 0.3) is 0 Å². The van der Waals surface area contributed by atoms with E-state index in [1.165, 1.54) is 11.3 Å². The number of aromatic nitrogens is 1. The first kappa shape index (κ1) is 12.6. The van der Waals surface area contributed by atoms with Crippen LogP contribution in [0.3, 0.4) is 0 Å². The predicted molar refractivity (Wildman–Crippen MR) is 77.9 cm³/mol. The lowest BCUT2D eigenvalue weighted by Crippen LogP contribution is -2.19. The Morgan fingerprint density at radius 1 is 1.40 bits per heavy atom. The number of nitrogens with two attached hydrogens (primary N) is 1. The van der Waals surface area contributed by atoms with Crippen molar-refractivity contribution in [3.05, 3.63) is 34.8 Å². The van der Waals surface area contributed by atoms with Crippen LogP contribution in [0.1, 0.15) is 22.5 Å². The molecule has 1 aliphatic rings. The molecule has 7 heteroatoms. The van der Waals surface area contributed by atoms with Gasteiger partial charge in [-0.1, -0.05) is 0 Å². The van der Waals surface area contributed by atoms with Gasteiger partial charge in [0.2, 0.25) is 5.91 Å². The van der Waals surface area contributed by atoms with Gasteiger partial charge in [-0.25, -0.2) is 4.98 Å². The van der Waals surface area contributed by atoms with Crippen molar-refractivity contribution >= 4 is 39.7 Å². The van der Waals surface area contributed by atoms with Crippen LogP contribution in [0.15, 0.2) is 23.6 Å². The number of nitrogens with one attached hydrogen (secondary N) is 2. The summed E-state index contributed by atoms with van der Waals surface area (Å²) in [4.78, 5) is 27.2. The number of benzene rings is 1. The standard InChI is InChI=1S/C13H12N4O2S/c14-13-17-10(6-20-13)12(19)15-8-2-3-9-7(5-8)1-4-11(18)16-9/h2-3,5-6H,1,4H2,(H2,14,17)(H,15,19)(H,16,18). The molecule has 1 aromatic heterocycles. The Kier molecular flexibility index (Phi) is 3.11. The maximum Gasteiger partial charge on any atom is 0.275 e. The van der Waals surface area contributed by atoms with E-state index in [-0.39, 0.29) is 11.8 Å². The molecule has 102 valence electrons. The molecule has 0 spiro atoms. The van der Waals surface area contributed by atoms with Crippen molar-refractivity contribution in [3.8, 4) is 0 Å². The molecule has 0 aliphatic carbocycles. The van der Waals surface area contributed by atoms with Crippen molar-refractivity contribution in [3.63, 3.8) is 0 Å². The number of aryl methyl sites for hydroxylation is 1. The summed E-state index contributed by atoms with van der Waals surface area (Å²) in [5.74, 6) is -0.273. The number of carbonyl (C=O) groups is 2. The number of thiazole rings is 1. The Bertz CT molecular complexity index is 695. The van der Waals surface area contributed by atoms with Crippen LogP contribution in [0, 0.1) is 0 Å². The van der Waals surface area contributed by atoms with Crippen molar-refractivity contribution in [2.75, 3.05) is 16.4 Å². The van der Waals surface area contributed by atoms with E-state index in [0.717, 1.165) is 11.3 Å². The lowest BCUT2D eigenvalue weighted by atomic mass is 10.0. The molecule has 0 saturated heterocycles. The summed E-state index contributed by atoms with van der Waals surface area (Å²) < 4.78 is 0. The second kappa shape index (κ2) is 4.93. The molecule has 3 rings (SSSR count).